The molecule has 8 aromatic rings. The molecule has 0 heterocycles. The molecular formula is C66H57N. The Labute approximate surface area is 397 Å². The van der Waals surface area contributed by atoms with Gasteiger partial charge in [-0.15, -0.1) is 0 Å². The summed E-state index contributed by atoms with van der Waals surface area (Å²) in [5.41, 5.74) is 24.2. The highest BCUT2D eigenvalue weighted by molar-refractivity contribution is 5.93. The van der Waals surface area contributed by atoms with Crippen LogP contribution in [0.1, 0.15) is 81.2 Å². The molecule has 1 heteroatoms. The molecule has 1 unspecified atom stereocenters. The fourth-order valence-corrected chi connectivity index (χ4v) is 11.6. The molecule has 0 bridgehead atoms. The van der Waals surface area contributed by atoms with Crippen molar-refractivity contribution in [3.63, 3.8) is 0 Å². The Balaban J connectivity index is 0.00000244. The standard InChI is InChI=1S/C64H51N.C2H6/c1-63(2)59-41-48(46-33-31-45(32-34-46)44-19-7-3-8-20-44)35-38-55(59)56-39-36-51(42-60(56)63)65(62-30-18-16-27-53(62)47-21-9-4-10-22-47)52-37-40-57-54-28-15-17-29-58(54)64(61(57)43-52,49-23-11-5-12-24-49)50-25-13-6-14-26-50;1-2/h3-5,7-13,15-36,38-39,41-43H,6,14,37,40H2,1-2H3;1-2H3. The molecule has 67 heavy (non-hydrogen) atoms. The minimum absolute atomic E-state index is 0.211. The first-order chi connectivity index (χ1) is 33.0. The molecule has 12 rings (SSSR count). The molecule has 0 aliphatic heterocycles. The van der Waals surface area contributed by atoms with Crippen LogP contribution in [0.15, 0.2) is 241 Å². The maximum absolute atomic E-state index is 2.61. The van der Waals surface area contributed by atoms with Crippen molar-refractivity contribution in [1.82, 2.24) is 0 Å². The number of nitrogens with zero attached hydrogens (tertiary/aromatic N) is 1. The summed E-state index contributed by atoms with van der Waals surface area (Å²) in [6.45, 7) is 8.83. The van der Waals surface area contributed by atoms with Crippen LogP contribution in [0.2, 0.25) is 0 Å². The Morgan fingerprint density at radius 3 is 1.72 bits per heavy atom. The lowest BCUT2D eigenvalue weighted by Gasteiger charge is -2.39. The Bertz CT molecular complexity index is 3250. The third-order valence-corrected chi connectivity index (χ3v) is 14.7. The Hall–Kier alpha value is -7.48. The van der Waals surface area contributed by atoms with Gasteiger partial charge < -0.3 is 4.90 Å². The van der Waals surface area contributed by atoms with Gasteiger partial charge in [-0.3, -0.25) is 0 Å². The van der Waals surface area contributed by atoms with Crippen LogP contribution in [0.3, 0.4) is 0 Å². The van der Waals surface area contributed by atoms with E-state index in [0.717, 1.165) is 25.7 Å². The zero-order valence-corrected chi connectivity index (χ0v) is 39.1. The average molecular weight is 864 g/mol. The first-order valence-corrected chi connectivity index (χ1v) is 24.4. The number of allylic oxidation sites excluding steroid dienone is 8. The molecule has 0 saturated carbocycles. The quantitative estimate of drug-likeness (QED) is 0.147. The molecule has 1 atom stereocenters. The molecule has 4 aliphatic carbocycles. The molecule has 0 N–H and O–H groups in total. The molecular weight excluding hydrogens is 807 g/mol. The van der Waals surface area contributed by atoms with E-state index in [1.54, 1.807) is 0 Å². The minimum Gasteiger partial charge on any atom is -0.314 e. The van der Waals surface area contributed by atoms with Crippen LogP contribution in [0.5, 0.6) is 0 Å². The molecule has 4 aliphatic rings. The number of hydrogen-bond donors (Lipinski definition) is 0. The summed E-state index contributed by atoms with van der Waals surface area (Å²) in [7, 11) is 0. The average Bonchev–Trinajstić information content (AvgIpc) is 3.82. The highest BCUT2D eigenvalue weighted by atomic mass is 15.2. The summed E-state index contributed by atoms with van der Waals surface area (Å²) in [4.78, 5) is 2.61. The second-order valence-corrected chi connectivity index (χ2v) is 18.6. The number of fused-ring (bicyclic) bond motifs is 5. The number of rotatable bonds is 8. The van der Waals surface area contributed by atoms with E-state index in [9.17, 15) is 0 Å². The Kier molecular flexibility index (Phi) is 10.9. The lowest BCUT2D eigenvalue weighted by molar-refractivity contribution is 0.660. The van der Waals surface area contributed by atoms with Crippen LogP contribution in [-0.4, -0.2) is 0 Å². The van der Waals surface area contributed by atoms with Crippen molar-refractivity contribution >= 4 is 16.9 Å². The topological polar surface area (TPSA) is 3.24 Å². The van der Waals surface area contributed by atoms with Gasteiger partial charge in [-0.05, 0) is 140 Å². The van der Waals surface area contributed by atoms with Crippen LogP contribution >= 0.6 is 0 Å². The molecule has 0 radical (unpaired) electrons. The number of para-hydroxylation sites is 1. The fraction of sp³-hybridized carbons (Fsp3) is 0.152. The SMILES string of the molecule is CC.CC1(C)c2cc(-c3ccc(-c4ccccc4)cc3)ccc2-c2ccc(N(C3=CC4=C(CC3)c3ccccc3C4(C3=CCCC=C3)c3ccccc3)c3ccccc3-c3ccccc3)cc21. The van der Waals surface area contributed by atoms with Crippen molar-refractivity contribution in [2.45, 2.75) is 64.2 Å². The molecule has 0 fully saturated rings. The van der Waals surface area contributed by atoms with E-state index in [1.807, 2.05) is 13.8 Å². The normalized spacial score (nSPS) is 17.3. The van der Waals surface area contributed by atoms with E-state index in [4.69, 9.17) is 0 Å². The summed E-state index contributed by atoms with van der Waals surface area (Å²) in [5, 5.41) is 0. The van der Waals surface area contributed by atoms with Crippen molar-refractivity contribution < 1.29 is 0 Å². The van der Waals surface area contributed by atoms with E-state index in [-0.39, 0.29) is 5.41 Å². The van der Waals surface area contributed by atoms with Crippen molar-refractivity contribution in [2.75, 3.05) is 4.90 Å². The lowest BCUT2D eigenvalue weighted by Crippen LogP contribution is -2.31. The smallest absolute Gasteiger partial charge is 0.0707 e. The number of benzene rings is 8. The molecule has 1 nitrogen and oxygen atoms in total. The first kappa shape index (κ1) is 42.2. The van der Waals surface area contributed by atoms with Gasteiger partial charge in [0.2, 0.25) is 0 Å². The predicted octanol–water partition coefficient (Wildman–Crippen LogP) is 17.9. The number of anilines is 2. The van der Waals surface area contributed by atoms with E-state index in [2.05, 4.69) is 243 Å². The monoisotopic (exact) mass is 863 g/mol. The fourth-order valence-electron chi connectivity index (χ4n) is 11.6. The van der Waals surface area contributed by atoms with Crippen molar-refractivity contribution in [1.29, 1.82) is 0 Å². The second-order valence-electron chi connectivity index (χ2n) is 18.6. The van der Waals surface area contributed by atoms with Crippen molar-refractivity contribution in [3.05, 3.63) is 269 Å². The summed E-state index contributed by atoms with van der Waals surface area (Å²) in [6, 6.07) is 74.6. The molecule has 326 valence electrons. The van der Waals surface area contributed by atoms with Gasteiger partial charge in [0.25, 0.3) is 0 Å². The Morgan fingerprint density at radius 1 is 0.448 bits per heavy atom. The lowest BCUT2D eigenvalue weighted by atomic mass is 9.64. The summed E-state index contributed by atoms with van der Waals surface area (Å²) in [6.07, 6.45) is 13.9. The van der Waals surface area contributed by atoms with Crippen LogP contribution in [0, 0.1) is 0 Å². The minimum atomic E-state index is -0.415. The third-order valence-electron chi connectivity index (χ3n) is 14.7. The molecule has 8 aromatic carbocycles. The largest absolute Gasteiger partial charge is 0.314 e. The summed E-state index contributed by atoms with van der Waals surface area (Å²) >= 11 is 0. The number of hydrogen-bond acceptors (Lipinski definition) is 1. The highest BCUT2D eigenvalue weighted by Crippen LogP contribution is 2.60. The predicted molar refractivity (Wildman–Crippen MR) is 285 cm³/mol. The van der Waals surface area contributed by atoms with Crippen molar-refractivity contribution in [2.24, 2.45) is 0 Å². The molecule has 0 aromatic heterocycles. The zero-order chi connectivity index (χ0) is 45.5. The summed E-state index contributed by atoms with van der Waals surface area (Å²) < 4.78 is 0. The highest BCUT2D eigenvalue weighted by Gasteiger charge is 2.49. The Morgan fingerprint density at radius 2 is 1.01 bits per heavy atom. The van der Waals surface area contributed by atoms with E-state index in [1.165, 1.54) is 106 Å². The first-order valence-electron chi connectivity index (χ1n) is 24.4. The van der Waals surface area contributed by atoms with Crippen LogP contribution in [0.25, 0.3) is 50.1 Å². The third kappa shape index (κ3) is 6.99. The summed E-state index contributed by atoms with van der Waals surface area (Å²) in [5.74, 6) is 0. The van der Waals surface area contributed by atoms with Gasteiger partial charge in [-0.2, -0.15) is 0 Å². The van der Waals surface area contributed by atoms with E-state index < -0.39 is 5.41 Å². The van der Waals surface area contributed by atoms with Gasteiger partial charge in [0, 0.05) is 22.4 Å². The maximum atomic E-state index is 2.61. The van der Waals surface area contributed by atoms with Gasteiger partial charge >= 0.3 is 0 Å². The van der Waals surface area contributed by atoms with Gasteiger partial charge in [0.15, 0.2) is 0 Å². The zero-order valence-electron chi connectivity index (χ0n) is 39.1. The van der Waals surface area contributed by atoms with Gasteiger partial charge in [-0.1, -0.05) is 222 Å². The van der Waals surface area contributed by atoms with Gasteiger partial charge in [0.1, 0.15) is 0 Å². The van der Waals surface area contributed by atoms with Crippen LogP contribution in [-0.2, 0) is 10.8 Å². The second kappa shape index (κ2) is 17.4. The van der Waals surface area contributed by atoms with Crippen LogP contribution in [0.4, 0.5) is 11.4 Å². The maximum Gasteiger partial charge on any atom is 0.0707 e. The van der Waals surface area contributed by atoms with Gasteiger partial charge in [0.05, 0.1) is 11.1 Å². The van der Waals surface area contributed by atoms with E-state index >= 15 is 0 Å². The van der Waals surface area contributed by atoms with Crippen molar-refractivity contribution in [3.8, 4) is 44.5 Å². The van der Waals surface area contributed by atoms with E-state index in [0.29, 0.717) is 0 Å². The molecule has 0 saturated heterocycles. The van der Waals surface area contributed by atoms with Crippen LogP contribution < -0.4 is 4.90 Å². The molecule has 0 spiro atoms. The van der Waals surface area contributed by atoms with Gasteiger partial charge in [-0.25, -0.2) is 0 Å². The molecule has 0 amide bonds.